The van der Waals surface area contributed by atoms with Gasteiger partial charge in [-0.25, -0.2) is 8.78 Å². The highest BCUT2D eigenvalue weighted by Gasteiger charge is 2.29. The summed E-state index contributed by atoms with van der Waals surface area (Å²) in [7, 11) is 0. The first-order valence-electron chi connectivity index (χ1n) is 7.45. The largest absolute Gasteiger partial charge is 0.313 e. The normalized spacial score (nSPS) is 26.7. The Balaban J connectivity index is 2.04. The lowest BCUT2D eigenvalue weighted by molar-refractivity contribution is 0.317. The van der Waals surface area contributed by atoms with Crippen molar-refractivity contribution >= 4 is 11.8 Å². The van der Waals surface area contributed by atoms with E-state index in [1.165, 1.54) is 25.0 Å². The van der Waals surface area contributed by atoms with Crippen molar-refractivity contribution in [3.8, 4) is 0 Å². The molecular formula is C16H23F2NS. The zero-order chi connectivity index (χ0) is 14.5. The molecule has 0 heterocycles. The fraction of sp³-hybridized carbons (Fsp3) is 0.625. The van der Waals surface area contributed by atoms with Crippen molar-refractivity contribution in [1.82, 2.24) is 5.32 Å². The van der Waals surface area contributed by atoms with Gasteiger partial charge < -0.3 is 5.32 Å². The van der Waals surface area contributed by atoms with Crippen LogP contribution >= 0.6 is 11.8 Å². The summed E-state index contributed by atoms with van der Waals surface area (Å²) in [4.78, 5) is 0.825. The fourth-order valence-electron chi connectivity index (χ4n) is 2.75. The van der Waals surface area contributed by atoms with Crippen molar-refractivity contribution in [3.05, 3.63) is 29.8 Å². The third kappa shape index (κ3) is 4.19. The molecule has 1 aliphatic rings. The molecule has 1 fully saturated rings. The van der Waals surface area contributed by atoms with E-state index in [9.17, 15) is 8.78 Å². The molecular weight excluding hydrogens is 276 g/mol. The summed E-state index contributed by atoms with van der Waals surface area (Å²) in [6.45, 7) is 5.46. The van der Waals surface area contributed by atoms with Crippen LogP contribution < -0.4 is 5.32 Å². The Kier molecular flexibility index (Phi) is 5.85. The van der Waals surface area contributed by atoms with Crippen LogP contribution in [0.15, 0.2) is 23.1 Å². The van der Waals surface area contributed by atoms with Crippen molar-refractivity contribution in [2.75, 3.05) is 6.54 Å². The van der Waals surface area contributed by atoms with E-state index in [0.29, 0.717) is 17.2 Å². The van der Waals surface area contributed by atoms with Crippen molar-refractivity contribution in [2.24, 2.45) is 5.92 Å². The van der Waals surface area contributed by atoms with E-state index in [0.717, 1.165) is 24.3 Å². The molecule has 20 heavy (non-hydrogen) atoms. The second kappa shape index (κ2) is 7.41. The molecule has 1 aromatic rings. The lowest BCUT2D eigenvalue weighted by atomic mass is 9.87. The van der Waals surface area contributed by atoms with Crippen LogP contribution in [0.1, 0.15) is 39.5 Å². The summed E-state index contributed by atoms with van der Waals surface area (Å²) in [5.74, 6) is -0.818. The van der Waals surface area contributed by atoms with Gasteiger partial charge >= 0.3 is 0 Å². The number of hydrogen-bond acceptors (Lipinski definition) is 2. The van der Waals surface area contributed by atoms with E-state index in [1.54, 1.807) is 17.8 Å². The van der Waals surface area contributed by atoms with Gasteiger partial charge in [-0.2, -0.15) is 0 Å². The summed E-state index contributed by atoms with van der Waals surface area (Å²) in [6.07, 6.45) is 4.67. The van der Waals surface area contributed by atoms with E-state index in [-0.39, 0.29) is 0 Å². The zero-order valence-corrected chi connectivity index (χ0v) is 13.0. The van der Waals surface area contributed by atoms with Crippen LogP contribution in [0.2, 0.25) is 0 Å². The fourth-order valence-corrected chi connectivity index (χ4v) is 4.24. The standard InChI is InChI=1S/C16H23F2NS/c1-3-8-19-15-7-4-11(2)9-16(15)20-12-5-6-13(17)14(18)10-12/h5-6,10-11,15-16,19H,3-4,7-9H2,1-2H3. The Labute approximate surface area is 124 Å². The van der Waals surface area contributed by atoms with E-state index in [1.807, 2.05) is 0 Å². The van der Waals surface area contributed by atoms with Gasteiger partial charge in [0.05, 0.1) is 0 Å². The Hall–Kier alpha value is -0.610. The number of hydrogen-bond donors (Lipinski definition) is 1. The summed E-state index contributed by atoms with van der Waals surface area (Å²) in [6, 6.07) is 4.69. The van der Waals surface area contributed by atoms with Crippen LogP contribution in [-0.2, 0) is 0 Å². The second-order valence-corrected chi connectivity index (χ2v) is 7.02. The van der Waals surface area contributed by atoms with Crippen LogP contribution in [0.4, 0.5) is 8.78 Å². The van der Waals surface area contributed by atoms with Gasteiger partial charge in [0.25, 0.3) is 0 Å². The maximum Gasteiger partial charge on any atom is 0.159 e. The Bertz CT molecular complexity index is 436. The van der Waals surface area contributed by atoms with E-state index in [4.69, 9.17) is 0 Å². The predicted molar refractivity (Wildman–Crippen MR) is 81.1 cm³/mol. The van der Waals surface area contributed by atoms with Crippen molar-refractivity contribution in [1.29, 1.82) is 0 Å². The third-order valence-corrected chi connectivity index (χ3v) is 5.24. The van der Waals surface area contributed by atoms with Gasteiger partial charge in [0.1, 0.15) is 0 Å². The molecule has 0 radical (unpaired) electrons. The minimum atomic E-state index is -0.771. The third-order valence-electron chi connectivity index (χ3n) is 3.89. The Morgan fingerprint density at radius 2 is 2.05 bits per heavy atom. The summed E-state index contributed by atoms with van der Waals surface area (Å²) < 4.78 is 26.3. The first-order valence-corrected chi connectivity index (χ1v) is 8.33. The molecule has 2 rings (SSSR count). The summed E-state index contributed by atoms with van der Waals surface area (Å²) in [5.41, 5.74) is 0. The van der Waals surface area contributed by atoms with Crippen LogP contribution in [0, 0.1) is 17.6 Å². The van der Waals surface area contributed by atoms with Gasteiger partial charge in [0, 0.05) is 16.2 Å². The first-order chi connectivity index (χ1) is 9.60. The van der Waals surface area contributed by atoms with E-state index < -0.39 is 11.6 Å². The van der Waals surface area contributed by atoms with Crippen LogP contribution in [0.25, 0.3) is 0 Å². The number of halogens is 2. The average Bonchev–Trinajstić information content (AvgIpc) is 2.42. The number of rotatable bonds is 5. The number of thioether (sulfide) groups is 1. The highest BCUT2D eigenvalue weighted by molar-refractivity contribution is 8.00. The van der Waals surface area contributed by atoms with Gasteiger partial charge in [-0.3, -0.25) is 0 Å². The molecule has 0 amide bonds. The molecule has 1 saturated carbocycles. The van der Waals surface area contributed by atoms with Crippen LogP contribution in [-0.4, -0.2) is 17.8 Å². The number of benzene rings is 1. The molecule has 1 nitrogen and oxygen atoms in total. The summed E-state index contributed by atoms with van der Waals surface area (Å²) in [5, 5.41) is 4.04. The van der Waals surface area contributed by atoms with Crippen molar-refractivity contribution in [2.45, 2.75) is 55.7 Å². The molecule has 112 valence electrons. The lowest BCUT2D eigenvalue weighted by Gasteiger charge is -2.35. The maximum atomic E-state index is 13.3. The molecule has 1 aromatic carbocycles. The van der Waals surface area contributed by atoms with Crippen LogP contribution in [0.3, 0.4) is 0 Å². The zero-order valence-electron chi connectivity index (χ0n) is 12.2. The van der Waals surface area contributed by atoms with Gasteiger partial charge in [-0.1, -0.05) is 13.8 Å². The predicted octanol–water partition coefficient (Wildman–Crippen LogP) is 4.61. The van der Waals surface area contributed by atoms with E-state index in [2.05, 4.69) is 19.2 Å². The SMILES string of the molecule is CCCNC1CCC(C)CC1Sc1ccc(F)c(F)c1. The molecule has 3 atom stereocenters. The second-order valence-electron chi connectivity index (χ2n) is 5.71. The van der Waals surface area contributed by atoms with Crippen molar-refractivity contribution in [3.63, 3.8) is 0 Å². The van der Waals surface area contributed by atoms with Crippen molar-refractivity contribution < 1.29 is 8.78 Å². The Morgan fingerprint density at radius 1 is 1.25 bits per heavy atom. The summed E-state index contributed by atoms with van der Waals surface area (Å²) >= 11 is 1.68. The highest BCUT2D eigenvalue weighted by atomic mass is 32.2. The quantitative estimate of drug-likeness (QED) is 0.852. The Morgan fingerprint density at radius 3 is 2.75 bits per heavy atom. The molecule has 1 aliphatic carbocycles. The van der Waals surface area contributed by atoms with Gasteiger partial charge in [-0.15, -0.1) is 11.8 Å². The molecule has 0 aromatic heterocycles. The average molecular weight is 299 g/mol. The molecule has 0 bridgehead atoms. The minimum Gasteiger partial charge on any atom is -0.313 e. The maximum absolute atomic E-state index is 13.3. The number of nitrogens with one attached hydrogen (secondary N) is 1. The first kappa shape index (κ1) is 15.8. The molecule has 4 heteroatoms. The smallest absolute Gasteiger partial charge is 0.159 e. The monoisotopic (exact) mass is 299 g/mol. The molecule has 0 aliphatic heterocycles. The molecule has 0 saturated heterocycles. The van der Waals surface area contributed by atoms with E-state index >= 15 is 0 Å². The molecule has 0 spiro atoms. The van der Waals surface area contributed by atoms with Gasteiger partial charge in [0.15, 0.2) is 11.6 Å². The minimum absolute atomic E-state index is 0.440. The molecule has 3 unspecified atom stereocenters. The van der Waals surface area contributed by atoms with Crippen LogP contribution in [0.5, 0.6) is 0 Å². The lowest BCUT2D eigenvalue weighted by Crippen LogP contribution is -2.42. The molecule has 1 N–H and O–H groups in total. The van der Waals surface area contributed by atoms with Gasteiger partial charge in [0.2, 0.25) is 0 Å². The topological polar surface area (TPSA) is 12.0 Å². The highest BCUT2D eigenvalue weighted by Crippen LogP contribution is 2.36. The van der Waals surface area contributed by atoms with Gasteiger partial charge in [-0.05, 0) is 56.3 Å².